The van der Waals surface area contributed by atoms with E-state index in [1.807, 2.05) is 4.90 Å². The lowest BCUT2D eigenvalue weighted by atomic mass is 9.92. The molecule has 29 heavy (non-hydrogen) atoms. The van der Waals surface area contributed by atoms with Crippen LogP contribution in [0.2, 0.25) is 0 Å². The van der Waals surface area contributed by atoms with Crippen molar-refractivity contribution < 1.29 is 28.1 Å². The predicted molar refractivity (Wildman–Crippen MR) is 101 cm³/mol. The molecule has 0 saturated carbocycles. The number of piperidine rings is 1. The Morgan fingerprint density at radius 2 is 2.03 bits per heavy atom. The van der Waals surface area contributed by atoms with Crippen LogP contribution in [0.1, 0.15) is 13.3 Å². The van der Waals surface area contributed by atoms with E-state index in [-0.39, 0.29) is 16.8 Å². The molecule has 5 heterocycles. The summed E-state index contributed by atoms with van der Waals surface area (Å²) in [7, 11) is 0. The van der Waals surface area contributed by atoms with Crippen molar-refractivity contribution in [2.24, 2.45) is 0 Å². The second kappa shape index (κ2) is 6.33. The maximum Gasteiger partial charge on any atom is 0.453 e. The molecule has 2 aromatic heterocycles. The van der Waals surface area contributed by atoms with E-state index >= 15 is 0 Å². The number of halogens is 2. The molecular formula is C18H18F2N4O4S. The van der Waals surface area contributed by atoms with Crippen LogP contribution in [-0.4, -0.2) is 57.2 Å². The number of nitrogens with zero attached hydrogens (tertiary/aromatic N) is 3. The number of piperazine rings is 1. The van der Waals surface area contributed by atoms with Gasteiger partial charge in [-0.15, -0.1) is 11.3 Å². The predicted octanol–water partition coefficient (Wildman–Crippen LogP) is 2.17. The van der Waals surface area contributed by atoms with Gasteiger partial charge in [-0.25, -0.2) is 4.98 Å². The number of anilines is 1. The fourth-order valence-corrected chi connectivity index (χ4v) is 4.28. The molecule has 3 aliphatic rings. The lowest BCUT2D eigenvalue weighted by Crippen LogP contribution is -2.67. The highest BCUT2D eigenvalue weighted by molar-refractivity contribution is 7.13. The number of alkyl halides is 2. The number of hydrogen-bond donors (Lipinski definition) is 3. The SMILES string of the molecule is CC(O)(O)C(F)(F)Oc1ccc(-c2nccs2)c2oc(N3CC4CC(C3)N4)nc12. The van der Waals surface area contributed by atoms with E-state index in [2.05, 4.69) is 20.0 Å². The van der Waals surface area contributed by atoms with Crippen molar-refractivity contribution in [3.8, 4) is 16.3 Å². The Morgan fingerprint density at radius 1 is 1.31 bits per heavy atom. The third-order valence-electron chi connectivity index (χ3n) is 5.14. The normalized spacial score (nSPS) is 22.0. The second-order valence-corrected chi connectivity index (χ2v) is 8.36. The Morgan fingerprint density at radius 3 is 2.66 bits per heavy atom. The number of ether oxygens (including phenoxy) is 1. The minimum absolute atomic E-state index is 0.0730. The third-order valence-corrected chi connectivity index (χ3v) is 5.95. The van der Waals surface area contributed by atoms with Crippen LogP contribution < -0.4 is 15.0 Å². The zero-order chi connectivity index (χ0) is 20.4. The lowest BCUT2D eigenvalue weighted by Gasteiger charge is -2.47. The Labute approximate surface area is 167 Å². The summed E-state index contributed by atoms with van der Waals surface area (Å²) in [6.07, 6.45) is -1.53. The highest BCUT2D eigenvalue weighted by atomic mass is 32.1. The van der Waals surface area contributed by atoms with Crippen LogP contribution in [0.15, 0.2) is 28.1 Å². The van der Waals surface area contributed by atoms with Crippen molar-refractivity contribution in [1.82, 2.24) is 15.3 Å². The Hall–Kier alpha value is -2.34. The van der Waals surface area contributed by atoms with Gasteiger partial charge < -0.3 is 29.6 Å². The van der Waals surface area contributed by atoms with Gasteiger partial charge in [-0.05, 0) is 25.5 Å². The van der Waals surface area contributed by atoms with E-state index in [1.54, 1.807) is 17.6 Å². The number of aromatic nitrogens is 2. The molecule has 3 N–H and O–H groups in total. The second-order valence-electron chi connectivity index (χ2n) is 7.46. The van der Waals surface area contributed by atoms with E-state index in [4.69, 9.17) is 4.42 Å². The summed E-state index contributed by atoms with van der Waals surface area (Å²) in [6, 6.07) is 3.87. The van der Waals surface area contributed by atoms with Gasteiger partial charge in [0.25, 0.3) is 11.8 Å². The van der Waals surface area contributed by atoms with Crippen molar-refractivity contribution in [2.45, 2.75) is 37.3 Å². The molecule has 3 saturated heterocycles. The van der Waals surface area contributed by atoms with Crippen molar-refractivity contribution >= 4 is 28.5 Å². The van der Waals surface area contributed by atoms with E-state index < -0.39 is 11.9 Å². The summed E-state index contributed by atoms with van der Waals surface area (Å²) < 4.78 is 38.9. The van der Waals surface area contributed by atoms with E-state index in [1.165, 1.54) is 17.4 Å². The van der Waals surface area contributed by atoms with Gasteiger partial charge in [0, 0.05) is 36.8 Å². The van der Waals surface area contributed by atoms with Crippen molar-refractivity contribution in [1.29, 1.82) is 0 Å². The number of oxazole rings is 1. The van der Waals surface area contributed by atoms with Crippen molar-refractivity contribution in [3.63, 3.8) is 0 Å². The maximum absolute atomic E-state index is 14.1. The molecule has 2 atom stereocenters. The van der Waals surface area contributed by atoms with Crippen molar-refractivity contribution in [3.05, 3.63) is 23.7 Å². The van der Waals surface area contributed by atoms with E-state index in [9.17, 15) is 19.0 Å². The number of benzene rings is 1. The van der Waals surface area contributed by atoms with Crippen LogP contribution >= 0.6 is 11.3 Å². The Balaban J connectivity index is 1.60. The smallest absolute Gasteiger partial charge is 0.426 e. The third kappa shape index (κ3) is 3.14. The molecule has 0 amide bonds. The van der Waals surface area contributed by atoms with Gasteiger partial charge >= 0.3 is 6.11 Å². The van der Waals surface area contributed by atoms with Crippen LogP contribution in [0.5, 0.6) is 5.75 Å². The molecule has 0 spiro atoms. The van der Waals surface area contributed by atoms with Crippen LogP contribution in [0.4, 0.5) is 14.8 Å². The highest BCUT2D eigenvalue weighted by Gasteiger charge is 2.52. The number of rotatable bonds is 5. The first-order valence-corrected chi connectivity index (χ1v) is 9.95. The van der Waals surface area contributed by atoms with Gasteiger partial charge in [0.15, 0.2) is 16.8 Å². The van der Waals surface area contributed by atoms with Crippen LogP contribution in [0.3, 0.4) is 0 Å². The van der Waals surface area contributed by atoms with Gasteiger partial charge in [0.2, 0.25) is 0 Å². The fourth-order valence-electron chi connectivity index (χ4n) is 3.62. The largest absolute Gasteiger partial charge is 0.453 e. The van der Waals surface area contributed by atoms with E-state index in [0.717, 1.165) is 6.42 Å². The maximum atomic E-state index is 14.1. The summed E-state index contributed by atoms with van der Waals surface area (Å²) in [4.78, 5) is 10.6. The zero-order valence-electron chi connectivity index (χ0n) is 15.3. The van der Waals surface area contributed by atoms with Gasteiger partial charge in [0.1, 0.15) is 5.01 Å². The van der Waals surface area contributed by atoms with Crippen LogP contribution in [0, 0.1) is 0 Å². The summed E-state index contributed by atoms with van der Waals surface area (Å²) in [5, 5.41) is 24.5. The van der Waals surface area contributed by atoms with Gasteiger partial charge in [0.05, 0.1) is 5.56 Å². The molecule has 3 fully saturated rings. The molecule has 154 valence electrons. The minimum Gasteiger partial charge on any atom is -0.426 e. The summed E-state index contributed by atoms with van der Waals surface area (Å²) >= 11 is 1.37. The molecule has 0 aliphatic carbocycles. The summed E-state index contributed by atoms with van der Waals surface area (Å²) in [6.45, 7) is 1.95. The van der Waals surface area contributed by atoms with E-state index in [0.29, 0.717) is 48.7 Å². The minimum atomic E-state index is -4.25. The number of nitrogens with one attached hydrogen (secondary N) is 1. The number of thiazole rings is 1. The first kappa shape index (κ1) is 18.7. The highest BCUT2D eigenvalue weighted by Crippen LogP contribution is 2.41. The molecule has 2 bridgehead atoms. The molecule has 2 unspecified atom stereocenters. The molecule has 8 nitrogen and oxygen atoms in total. The van der Waals surface area contributed by atoms with Crippen LogP contribution in [0.25, 0.3) is 21.7 Å². The Bertz CT molecular complexity index is 1030. The van der Waals surface area contributed by atoms with Gasteiger partial charge in [-0.1, -0.05) is 0 Å². The molecule has 11 heteroatoms. The number of hydrogen-bond acceptors (Lipinski definition) is 9. The number of fused-ring (bicyclic) bond motifs is 3. The average Bonchev–Trinajstić information content (AvgIpc) is 3.30. The number of aliphatic hydroxyl groups is 2. The fraction of sp³-hybridized carbons (Fsp3) is 0.444. The van der Waals surface area contributed by atoms with Crippen LogP contribution in [-0.2, 0) is 0 Å². The Kier molecular flexibility index (Phi) is 4.07. The summed E-state index contributed by atoms with van der Waals surface area (Å²) in [5.74, 6) is -3.67. The van der Waals surface area contributed by atoms with Gasteiger partial charge in [-0.3, -0.25) is 0 Å². The standard InChI is InChI=1S/C18H18F2N4O4S/c1-17(25,26)18(19,20)28-12-3-2-11(15-21-4-5-29-15)14-13(12)23-16(27-14)24-7-9-6-10(8-24)22-9/h2-5,9-10,22,25-26H,6-8H2,1H3. The molecule has 3 aliphatic heterocycles. The quantitative estimate of drug-likeness (QED) is 0.536. The first-order valence-electron chi connectivity index (χ1n) is 9.07. The zero-order valence-corrected chi connectivity index (χ0v) is 16.1. The van der Waals surface area contributed by atoms with Gasteiger partial charge in [-0.2, -0.15) is 13.8 Å². The average molecular weight is 424 g/mol. The molecular weight excluding hydrogens is 406 g/mol. The van der Waals surface area contributed by atoms with Crippen molar-refractivity contribution in [2.75, 3.05) is 18.0 Å². The molecule has 3 aromatic rings. The monoisotopic (exact) mass is 424 g/mol. The lowest BCUT2D eigenvalue weighted by molar-refractivity contribution is -0.359. The molecule has 0 radical (unpaired) electrons. The molecule has 1 aromatic carbocycles. The summed E-state index contributed by atoms with van der Waals surface area (Å²) in [5.41, 5.74) is 0.928. The topological polar surface area (TPSA) is 104 Å². The molecule has 6 rings (SSSR count). The first-order chi connectivity index (χ1) is 13.7.